The first-order valence-electron chi connectivity index (χ1n) is 6.75. The highest BCUT2D eigenvalue weighted by atomic mass is 16.2. The minimum atomic E-state index is -0.330. The van der Waals surface area contributed by atoms with E-state index in [0.29, 0.717) is 6.54 Å². The summed E-state index contributed by atoms with van der Waals surface area (Å²) in [5.74, 6) is 0.143. The van der Waals surface area contributed by atoms with Crippen LogP contribution in [0.1, 0.15) is 37.3 Å². The minimum absolute atomic E-state index is 0.143. The third-order valence-corrected chi connectivity index (χ3v) is 3.82. The molecule has 98 valence electrons. The summed E-state index contributed by atoms with van der Waals surface area (Å²) in [6.07, 6.45) is 2.89. The van der Waals surface area contributed by atoms with E-state index < -0.39 is 0 Å². The Morgan fingerprint density at radius 2 is 2.33 bits per heavy atom. The second-order valence-corrected chi connectivity index (χ2v) is 5.14. The van der Waals surface area contributed by atoms with Crippen LogP contribution in [0.5, 0.6) is 0 Å². The van der Waals surface area contributed by atoms with E-state index in [0.717, 1.165) is 31.4 Å². The van der Waals surface area contributed by atoms with Crippen LogP contribution in [0.2, 0.25) is 0 Å². The van der Waals surface area contributed by atoms with Crippen LogP contribution in [0.15, 0.2) is 24.3 Å². The lowest BCUT2D eigenvalue weighted by Gasteiger charge is -2.26. The van der Waals surface area contributed by atoms with Crippen LogP contribution in [0.25, 0.3) is 0 Å². The molecule has 2 N–H and O–H groups in total. The molecule has 2 rings (SSSR count). The van der Waals surface area contributed by atoms with E-state index in [-0.39, 0.29) is 11.4 Å². The number of carbonyl (C=O) groups is 1. The van der Waals surface area contributed by atoms with Crippen molar-refractivity contribution < 1.29 is 4.79 Å². The second kappa shape index (κ2) is 5.53. The van der Waals surface area contributed by atoms with Gasteiger partial charge in [-0.3, -0.25) is 4.79 Å². The van der Waals surface area contributed by atoms with Gasteiger partial charge in [-0.25, -0.2) is 0 Å². The predicted octanol–water partition coefficient (Wildman–Crippen LogP) is 2.14. The van der Waals surface area contributed by atoms with Crippen molar-refractivity contribution in [3.8, 4) is 0 Å². The number of hydrogen-bond acceptors (Lipinski definition) is 2. The minimum Gasteiger partial charge on any atom is -0.350 e. The summed E-state index contributed by atoms with van der Waals surface area (Å²) in [6.45, 7) is 5.71. The first kappa shape index (κ1) is 13.1. The lowest BCUT2D eigenvalue weighted by molar-refractivity contribution is -0.127. The van der Waals surface area contributed by atoms with Crippen LogP contribution in [0.3, 0.4) is 0 Å². The molecule has 0 bridgehead atoms. The van der Waals surface area contributed by atoms with Crippen molar-refractivity contribution in [1.82, 2.24) is 10.6 Å². The summed E-state index contributed by atoms with van der Waals surface area (Å²) in [6, 6.07) is 8.26. The highest BCUT2D eigenvalue weighted by molar-refractivity contribution is 5.86. The molecule has 1 fully saturated rings. The molecule has 0 saturated carbocycles. The first-order chi connectivity index (χ1) is 8.66. The van der Waals surface area contributed by atoms with Crippen molar-refractivity contribution in [2.24, 2.45) is 0 Å². The fourth-order valence-electron chi connectivity index (χ4n) is 2.64. The van der Waals surface area contributed by atoms with E-state index in [1.807, 2.05) is 12.1 Å². The standard InChI is InChI=1S/C15H22N2O/c1-3-15(8-5-9-17-15)14(18)16-11-13-7-4-6-12(2)10-13/h4,6-7,10,17H,3,5,8-9,11H2,1-2H3,(H,16,18). The highest BCUT2D eigenvalue weighted by Gasteiger charge is 2.38. The SMILES string of the molecule is CCC1(C(=O)NCc2cccc(C)c2)CCCN1. The molecule has 0 aromatic heterocycles. The maximum absolute atomic E-state index is 12.3. The van der Waals surface area contributed by atoms with Gasteiger partial charge in [-0.05, 0) is 38.3 Å². The van der Waals surface area contributed by atoms with Gasteiger partial charge in [0.25, 0.3) is 0 Å². The summed E-state index contributed by atoms with van der Waals surface area (Å²) >= 11 is 0. The van der Waals surface area contributed by atoms with E-state index in [9.17, 15) is 4.79 Å². The molecule has 1 heterocycles. The number of carbonyl (C=O) groups excluding carboxylic acids is 1. The van der Waals surface area contributed by atoms with Crippen LogP contribution in [0.4, 0.5) is 0 Å². The largest absolute Gasteiger partial charge is 0.350 e. The molecule has 3 heteroatoms. The fourth-order valence-corrected chi connectivity index (χ4v) is 2.64. The molecule has 1 aromatic rings. The average molecular weight is 246 g/mol. The summed E-state index contributed by atoms with van der Waals surface area (Å²) < 4.78 is 0. The molecule has 1 atom stereocenters. The third kappa shape index (κ3) is 2.72. The Labute approximate surface area is 109 Å². The van der Waals surface area contributed by atoms with Gasteiger partial charge in [0.2, 0.25) is 5.91 Å². The fraction of sp³-hybridized carbons (Fsp3) is 0.533. The van der Waals surface area contributed by atoms with Gasteiger partial charge in [-0.1, -0.05) is 36.8 Å². The van der Waals surface area contributed by atoms with Crippen LogP contribution < -0.4 is 10.6 Å². The van der Waals surface area contributed by atoms with Crippen molar-refractivity contribution in [3.05, 3.63) is 35.4 Å². The molecule has 18 heavy (non-hydrogen) atoms. The summed E-state index contributed by atoms with van der Waals surface area (Å²) in [5.41, 5.74) is 2.06. The number of benzene rings is 1. The van der Waals surface area contributed by atoms with Gasteiger partial charge in [-0.2, -0.15) is 0 Å². The number of amides is 1. The van der Waals surface area contributed by atoms with E-state index in [1.165, 1.54) is 5.56 Å². The van der Waals surface area contributed by atoms with Gasteiger partial charge >= 0.3 is 0 Å². The van der Waals surface area contributed by atoms with Gasteiger partial charge in [0, 0.05) is 6.54 Å². The smallest absolute Gasteiger partial charge is 0.240 e. The van der Waals surface area contributed by atoms with E-state index in [4.69, 9.17) is 0 Å². The van der Waals surface area contributed by atoms with Gasteiger partial charge in [0.15, 0.2) is 0 Å². The van der Waals surface area contributed by atoms with Crippen LogP contribution in [-0.2, 0) is 11.3 Å². The molecular formula is C15H22N2O. The number of rotatable bonds is 4. The van der Waals surface area contributed by atoms with Crippen LogP contribution >= 0.6 is 0 Å². The molecule has 3 nitrogen and oxygen atoms in total. The Hall–Kier alpha value is -1.35. The normalized spacial score (nSPS) is 23.0. The Morgan fingerprint density at radius 1 is 1.50 bits per heavy atom. The zero-order valence-corrected chi connectivity index (χ0v) is 11.3. The first-order valence-corrected chi connectivity index (χ1v) is 6.75. The Bertz CT molecular complexity index is 422. The number of hydrogen-bond donors (Lipinski definition) is 2. The monoisotopic (exact) mass is 246 g/mol. The highest BCUT2D eigenvalue weighted by Crippen LogP contribution is 2.23. The maximum atomic E-state index is 12.3. The summed E-state index contributed by atoms with van der Waals surface area (Å²) in [7, 11) is 0. The van der Waals surface area contributed by atoms with Crippen LogP contribution in [0, 0.1) is 6.92 Å². The topological polar surface area (TPSA) is 41.1 Å². The quantitative estimate of drug-likeness (QED) is 0.854. The lowest BCUT2D eigenvalue weighted by Crippen LogP contribution is -2.52. The Balaban J connectivity index is 1.95. The van der Waals surface area contributed by atoms with Gasteiger partial charge in [0.05, 0.1) is 5.54 Å². The molecule has 0 aliphatic carbocycles. The van der Waals surface area contributed by atoms with Crippen molar-refractivity contribution in [1.29, 1.82) is 0 Å². The van der Waals surface area contributed by atoms with E-state index in [2.05, 4.69) is 36.6 Å². The van der Waals surface area contributed by atoms with E-state index in [1.54, 1.807) is 0 Å². The van der Waals surface area contributed by atoms with E-state index >= 15 is 0 Å². The molecule has 1 amide bonds. The lowest BCUT2D eigenvalue weighted by atomic mass is 9.93. The van der Waals surface area contributed by atoms with Crippen molar-refractivity contribution >= 4 is 5.91 Å². The molecule has 0 radical (unpaired) electrons. The molecule has 1 unspecified atom stereocenters. The maximum Gasteiger partial charge on any atom is 0.240 e. The van der Waals surface area contributed by atoms with Gasteiger partial charge in [0.1, 0.15) is 0 Å². The second-order valence-electron chi connectivity index (χ2n) is 5.14. The van der Waals surface area contributed by atoms with Crippen LogP contribution in [-0.4, -0.2) is 18.0 Å². The molecule has 1 saturated heterocycles. The number of aryl methyl sites for hydroxylation is 1. The third-order valence-electron chi connectivity index (χ3n) is 3.82. The summed E-state index contributed by atoms with van der Waals surface area (Å²) in [4.78, 5) is 12.3. The van der Waals surface area contributed by atoms with Crippen molar-refractivity contribution in [2.45, 2.75) is 45.2 Å². The predicted molar refractivity (Wildman–Crippen MR) is 73.3 cm³/mol. The molecule has 1 aromatic carbocycles. The number of nitrogens with one attached hydrogen (secondary N) is 2. The van der Waals surface area contributed by atoms with Gasteiger partial charge in [-0.15, -0.1) is 0 Å². The zero-order valence-electron chi connectivity index (χ0n) is 11.3. The Kier molecular flexibility index (Phi) is 4.02. The summed E-state index contributed by atoms with van der Waals surface area (Å²) in [5, 5.41) is 6.41. The van der Waals surface area contributed by atoms with Crippen molar-refractivity contribution in [3.63, 3.8) is 0 Å². The van der Waals surface area contributed by atoms with Crippen molar-refractivity contribution in [2.75, 3.05) is 6.54 Å². The molecule has 1 aliphatic rings. The van der Waals surface area contributed by atoms with Gasteiger partial charge < -0.3 is 10.6 Å². The zero-order chi connectivity index (χ0) is 13.0. The molecule has 1 aliphatic heterocycles. The molecule has 0 spiro atoms. The Morgan fingerprint density at radius 3 is 2.94 bits per heavy atom. The molecular weight excluding hydrogens is 224 g/mol. The average Bonchev–Trinajstić information content (AvgIpc) is 2.86.